The van der Waals surface area contributed by atoms with E-state index in [4.69, 9.17) is 24.5 Å². The Morgan fingerprint density at radius 1 is 1.36 bits per heavy atom. The minimum atomic E-state index is -4.64. The molecule has 0 saturated heterocycles. The number of nitrogens with zero attached hydrogens (tertiary/aromatic N) is 4. The fraction of sp³-hybridized carbons (Fsp3) is 0. The van der Waals surface area contributed by atoms with Crippen molar-refractivity contribution in [3.05, 3.63) is 6.33 Å². The van der Waals surface area contributed by atoms with Gasteiger partial charge in [0.2, 0.25) is 0 Å². The van der Waals surface area contributed by atoms with Gasteiger partial charge in [0, 0.05) is 4.96 Å². The second-order valence-electron chi connectivity index (χ2n) is 1.22. The smallest absolute Gasteiger partial charge is 0.395 e. The lowest BCUT2D eigenvalue weighted by atomic mass is 11.4. The van der Waals surface area contributed by atoms with Gasteiger partial charge in [-0.25, -0.2) is 4.57 Å². The number of aromatic nitrogens is 4. The van der Waals surface area contributed by atoms with Crippen molar-refractivity contribution in [1.29, 1.82) is 0 Å². The highest BCUT2D eigenvalue weighted by molar-refractivity contribution is 7.45. The van der Waals surface area contributed by atoms with E-state index in [-0.39, 0.29) is 0 Å². The third-order valence-corrected chi connectivity index (χ3v) is 0.338. The van der Waals surface area contributed by atoms with Gasteiger partial charge < -0.3 is 19.9 Å². The summed E-state index contributed by atoms with van der Waals surface area (Å²) in [7, 11) is -4.64. The molecule has 9 nitrogen and oxygen atoms in total. The molecule has 0 saturated carbocycles. The monoisotopic (exact) mass is 184 g/mol. The van der Waals surface area contributed by atoms with E-state index < -0.39 is 7.82 Å². The van der Waals surface area contributed by atoms with E-state index in [1.807, 2.05) is 0 Å². The fourth-order valence-electron chi connectivity index (χ4n) is 0.162. The molecule has 0 aromatic carbocycles. The molecule has 0 bridgehead atoms. The number of phosphoric acid groups is 1. The summed E-state index contributed by atoms with van der Waals surface area (Å²) in [6.45, 7) is 0. The summed E-state index contributed by atoms with van der Waals surface area (Å²) in [6, 6.07) is 0. The quantitative estimate of drug-likeness (QED) is 0.267. The molecule has 0 aliphatic rings. The minimum absolute atomic E-state index is 0.389. The largest absolute Gasteiger partial charge is 0.466 e. The number of hydrogen-bond acceptors (Lipinski definition) is 5. The maximum absolute atomic E-state index is 8.88. The first-order valence-corrected chi connectivity index (χ1v) is 3.66. The molecule has 11 heavy (non-hydrogen) atoms. The zero-order valence-electron chi connectivity index (χ0n) is 5.01. The molecule has 1 rings (SSSR count). The molecule has 10 heteroatoms. The van der Waals surface area contributed by atoms with E-state index in [0.717, 1.165) is 6.33 Å². The maximum Gasteiger partial charge on any atom is 0.466 e. The molecule has 1 heterocycles. The maximum atomic E-state index is 8.88. The van der Waals surface area contributed by atoms with E-state index in [2.05, 4.69) is 15.4 Å². The van der Waals surface area contributed by atoms with Gasteiger partial charge >= 0.3 is 7.82 Å². The number of tetrazole rings is 1. The van der Waals surface area contributed by atoms with Crippen molar-refractivity contribution < 1.29 is 24.5 Å². The number of rotatable bonds is 0. The van der Waals surface area contributed by atoms with E-state index in [9.17, 15) is 0 Å². The van der Waals surface area contributed by atoms with Crippen LogP contribution in [-0.4, -0.2) is 40.3 Å². The van der Waals surface area contributed by atoms with Crippen LogP contribution in [0, 0.1) is 0 Å². The van der Waals surface area contributed by atoms with Crippen LogP contribution in [0.2, 0.25) is 0 Å². The Balaban J connectivity index is 0.000000187. The molecule has 1 aromatic heterocycles. The highest BCUT2D eigenvalue weighted by Gasteiger charge is 2.00. The van der Waals surface area contributed by atoms with Crippen molar-refractivity contribution in [2.24, 2.45) is 0 Å². The lowest BCUT2D eigenvalue weighted by Gasteiger charge is -1.82. The SMILES string of the molecule is O=P(O)(O)O.On1ncnn1. The minimum Gasteiger partial charge on any atom is -0.395 e. The third-order valence-electron chi connectivity index (χ3n) is 0.338. The van der Waals surface area contributed by atoms with Crippen molar-refractivity contribution in [2.45, 2.75) is 0 Å². The summed E-state index contributed by atoms with van der Waals surface area (Å²) in [5.41, 5.74) is 0. The van der Waals surface area contributed by atoms with Crippen LogP contribution in [0.25, 0.3) is 0 Å². The molecule has 0 aliphatic carbocycles. The average molecular weight is 184 g/mol. The van der Waals surface area contributed by atoms with E-state index in [1.54, 1.807) is 0 Å². The summed E-state index contributed by atoms with van der Waals surface area (Å²) in [5.74, 6) is 0. The van der Waals surface area contributed by atoms with Crippen molar-refractivity contribution >= 4 is 7.82 Å². The zero-order valence-corrected chi connectivity index (χ0v) is 5.90. The molecule has 0 fully saturated rings. The fourth-order valence-corrected chi connectivity index (χ4v) is 0.162. The Morgan fingerprint density at radius 2 is 1.82 bits per heavy atom. The molecule has 1 aromatic rings. The van der Waals surface area contributed by atoms with E-state index in [0.29, 0.717) is 4.96 Å². The summed E-state index contributed by atoms with van der Waals surface area (Å²) >= 11 is 0. The van der Waals surface area contributed by atoms with Gasteiger partial charge in [0.1, 0.15) is 0 Å². The van der Waals surface area contributed by atoms with Crippen LogP contribution in [0.5, 0.6) is 0 Å². The summed E-state index contributed by atoms with van der Waals surface area (Å²) < 4.78 is 8.88. The Morgan fingerprint density at radius 3 is 1.91 bits per heavy atom. The molecule has 64 valence electrons. The van der Waals surface area contributed by atoms with Gasteiger partial charge in [0.05, 0.1) is 0 Å². The van der Waals surface area contributed by atoms with Gasteiger partial charge in [-0.05, 0) is 5.21 Å². The topological polar surface area (TPSA) is 142 Å². The van der Waals surface area contributed by atoms with Crippen LogP contribution >= 0.6 is 7.82 Å². The highest BCUT2D eigenvalue weighted by Crippen LogP contribution is 2.25. The lowest BCUT2D eigenvalue weighted by molar-refractivity contribution is 0.106. The van der Waals surface area contributed by atoms with E-state index >= 15 is 0 Å². The second kappa shape index (κ2) is 3.98. The Kier molecular flexibility index (Phi) is 3.61. The second-order valence-corrected chi connectivity index (χ2v) is 2.24. The Hall–Kier alpha value is -1.02. The Labute approximate surface area is 60.1 Å². The molecule has 0 unspecified atom stereocenters. The number of hydrogen-bond donors (Lipinski definition) is 4. The molecule has 0 spiro atoms. The normalized spacial score (nSPS) is 10.1. The van der Waals surface area contributed by atoms with Crippen LogP contribution in [0.1, 0.15) is 0 Å². The predicted octanol–water partition coefficient (Wildman–Crippen LogP) is -2.02. The van der Waals surface area contributed by atoms with Gasteiger partial charge in [-0.3, -0.25) is 0 Å². The molecule has 0 atom stereocenters. The van der Waals surface area contributed by atoms with Gasteiger partial charge in [0.15, 0.2) is 6.33 Å². The third kappa shape index (κ3) is 12.2. The zero-order chi connectivity index (χ0) is 8.91. The van der Waals surface area contributed by atoms with Crippen LogP contribution in [0.4, 0.5) is 0 Å². The Bertz CT molecular complexity index is 218. The highest BCUT2D eigenvalue weighted by atomic mass is 31.2. The van der Waals surface area contributed by atoms with Crippen molar-refractivity contribution in [1.82, 2.24) is 20.4 Å². The van der Waals surface area contributed by atoms with Gasteiger partial charge in [-0.15, -0.1) is 10.2 Å². The average Bonchev–Trinajstić information content (AvgIpc) is 2.12. The lowest BCUT2D eigenvalue weighted by Crippen LogP contribution is -1.93. The van der Waals surface area contributed by atoms with Crippen LogP contribution in [0.15, 0.2) is 6.33 Å². The summed E-state index contributed by atoms with van der Waals surface area (Å²) in [4.78, 5) is 22.0. The van der Waals surface area contributed by atoms with Crippen LogP contribution in [0.3, 0.4) is 0 Å². The molecule has 4 N–H and O–H groups in total. The van der Waals surface area contributed by atoms with Crippen LogP contribution < -0.4 is 0 Å². The first-order chi connectivity index (χ1) is 4.89. The molecule has 0 amide bonds. The van der Waals surface area contributed by atoms with Crippen molar-refractivity contribution in [3.8, 4) is 0 Å². The standard InChI is InChI=1S/CH2N4O.H3O4P/c6-5-3-1-2-4-5;1-5(2,3)4/h1,6H;(H3,1,2,3,4). The van der Waals surface area contributed by atoms with Crippen LogP contribution in [-0.2, 0) is 4.57 Å². The first kappa shape index (κ1) is 9.98. The van der Waals surface area contributed by atoms with Crippen molar-refractivity contribution in [2.75, 3.05) is 0 Å². The molecule has 0 aliphatic heterocycles. The summed E-state index contributed by atoms with van der Waals surface area (Å²) in [6.07, 6.45) is 1.14. The molecule has 0 radical (unpaired) electrons. The van der Waals surface area contributed by atoms with Gasteiger partial charge in [-0.2, -0.15) is 0 Å². The van der Waals surface area contributed by atoms with E-state index in [1.165, 1.54) is 0 Å². The van der Waals surface area contributed by atoms with Gasteiger partial charge in [-0.1, -0.05) is 0 Å². The molecular weight excluding hydrogens is 179 g/mol. The molecular formula is CH5N4O5P. The summed E-state index contributed by atoms with van der Waals surface area (Å²) in [5, 5.41) is 17.5. The first-order valence-electron chi connectivity index (χ1n) is 2.10. The predicted molar refractivity (Wildman–Crippen MR) is 29.3 cm³/mol. The van der Waals surface area contributed by atoms with Crippen molar-refractivity contribution in [3.63, 3.8) is 0 Å². The van der Waals surface area contributed by atoms with Gasteiger partial charge in [0.25, 0.3) is 0 Å².